The second kappa shape index (κ2) is 16.6. The van der Waals surface area contributed by atoms with Gasteiger partial charge in [-0.3, -0.25) is 9.59 Å². The average Bonchev–Trinajstić information content (AvgIpc) is 2.62. The first-order chi connectivity index (χ1) is 13.6. The molecule has 0 aliphatic carbocycles. The summed E-state index contributed by atoms with van der Waals surface area (Å²) in [5.74, 6) is -0.454. The molecule has 0 aromatic heterocycles. The molecule has 0 unspecified atom stereocenters. The van der Waals surface area contributed by atoms with E-state index in [1.165, 1.54) is 0 Å². The zero-order valence-corrected chi connectivity index (χ0v) is 19.3. The monoisotopic (exact) mass is 418 g/mol. The van der Waals surface area contributed by atoms with Crippen LogP contribution < -0.4 is 0 Å². The Bertz CT molecular complexity index is 437. The lowest BCUT2D eigenvalue weighted by Crippen LogP contribution is -2.27. The van der Waals surface area contributed by atoms with Crippen LogP contribution in [0, 0.1) is 5.41 Å². The van der Waals surface area contributed by atoms with Crippen molar-refractivity contribution in [1.29, 1.82) is 0 Å². The summed E-state index contributed by atoms with van der Waals surface area (Å²) in [6, 6.07) is 0. The van der Waals surface area contributed by atoms with Crippen molar-refractivity contribution in [2.24, 2.45) is 5.41 Å². The number of esters is 2. The van der Waals surface area contributed by atoms with Crippen molar-refractivity contribution < 1.29 is 28.5 Å². The van der Waals surface area contributed by atoms with Gasteiger partial charge in [-0.05, 0) is 33.0 Å². The Balaban J connectivity index is 3.48. The van der Waals surface area contributed by atoms with Gasteiger partial charge in [-0.25, -0.2) is 0 Å². The van der Waals surface area contributed by atoms with E-state index < -0.39 is 0 Å². The first-order valence-corrected chi connectivity index (χ1v) is 10.4. The molecule has 0 spiro atoms. The molecule has 0 fully saturated rings. The topological polar surface area (TPSA) is 77.5 Å². The molecule has 0 N–H and O–H groups in total. The Hall–Kier alpha value is -1.22. The Morgan fingerprint density at radius 3 is 1.76 bits per heavy atom. The number of rotatable bonds is 17. The average molecular weight is 419 g/mol. The Morgan fingerprint density at radius 1 is 0.690 bits per heavy atom. The fourth-order valence-corrected chi connectivity index (χ4v) is 2.12. The SMILES string of the molecule is CN(C)CCOCCN(C)CCC(=O)OCCOCCOC(=O)CCC(C)(C)C. The smallest absolute Gasteiger partial charge is 0.307 e. The van der Waals surface area contributed by atoms with Gasteiger partial charge in [-0.15, -0.1) is 0 Å². The molecule has 0 saturated heterocycles. The molecule has 0 saturated carbocycles. The van der Waals surface area contributed by atoms with Gasteiger partial charge in [-0.1, -0.05) is 20.8 Å². The van der Waals surface area contributed by atoms with Gasteiger partial charge in [0, 0.05) is 26.1 Å². The summed E-state index contributed by atoms with van der Waals surface area (Å²) in [4.78, 5) is 27.4. The lowest BCUT2D eigenvalue weighted by atomic mass is 9.91. The maximum atomic E-state index is 11.7. The lowest BCUT2D eigenvalue weighted by molar-refractivity contribution is -0.147. The molecule has 0 amide bonds. The summed E-state index contributed by atoms with van der Waals surface area (Å²) in [6.07, 6.45) is 1.54. The number of likely N-dealkylation sites (N-methyl/N-ethyl adjacent to an activating group) is 2. The number of carbonyl (C=O) groups excluding carboxylic acids is 2. The lowest BCUT2D eigenvalue weighted by Gasteiger charge is -2.17. The first-order valence-electron chi connectivity index (χ1n) is 10.4. The van der Waals surface area contributed by atoms with E-state index in [9.17, 15) is 9.59 Å². The van der Waals surface area contributed by atoms with E-state index in [1.807, 2.05) is 26.0 Å². The number of hydrogen-bond donors (Lipinski definition) is 0. The molecular formula is C21H42N2O6. The number of ether oxygens (including phenoxy) is 4. The molecular weight excluding hydrogens is 376 g/mol. The van der Waals surface area contributed by atoms with Crippen molar-refractivity contribution in [3.63, 3.8) is 0 Å². The van der Waals surface area contributed by atoms with Crippen molar-refractivity contribution in [3.05, 3.63) is 0 Å². The van der Waals surface area contributed by atoms with Crippen LogP contribution >= 0.6 is 0 Å². The van der Waals surface area contributed by atoms with Crippen LogP contribution in [0.25, 0.3) is 0 Å². The minimum Gasteiger partial charge on any atom is -0.463 e. The van der Waals surface area contributed by atoms with Crippen molar-refractivity contribution in [2.75, 3.05) is 80.4 Å². The Labute approximate surface area is 176 Å². The Kier molecular flexibility index (Phi) is 15.9. The molecule has 0 aromatic carbocycles. The van der Waals surface area contributed by atoms with Crippen LogP contribution in [-0.2, 0) is 28.5 Å². The second-order valence-electron chi connectivity index (χ2n) is 8.58. The predicted octanol–water partition coefficient (Wildman–Crippen LogP) is 1.82. The van der Waals surface area contributed by atoms with Crippen molar-refractivity contribution in [2.45, 2.75) is 40.0 Å². The molecule has 0 rings (SSSR count). The van der Waals surface area contributed by atoms with Gasteiger partial charge >= 0.3 is 11.9 Å². The molecule has 8 heteroatoms. The maximum Gasteiger partial charge on any atom is 0.307 e. The van der Waals surface area contributed by atoms with Crippen LogP contribution in [0.4, 0.5) is 0 Å². The molecule has 0 aliphatic heterocycles. The summed E-state index contributed by atoms with van der Waals surface area (Å²) in [6.45, 7) is 10.9. The number of nitrogens with zero attached hydrogens (tertiary/aromatic N) is 2. The molecule has 0 heterocycles. The third-order valence-corrected chi connectivity index (χ3v) is 4.06. The normalized spacial score (nSPS) is 11.9. The quantitative estimate of drug-likeness (QED) is 0.261. The van der Waals surface area contributed by atoms with E-state index in [1.54, 1.807) is 0 Å². The molecule has 0 aliphatic rings. The highest BCUT2D eigenvalue weighted by molar-refractivity contribution is 5.69. The van der Waals surface area contributed by atoms with Gasteiger partial charge in [0.1, 0.15) is 13.2 Å². The van der Waals surface area contributed by atoms with Gasteiger partial charge in [0.05, 0.1) is 32.8 Å². The Morgan fingerprint density at radius 2 is 1.21 bits per heavy atom. The summed E-state index contributed by atoms with van der Waals surface area (Å²) in [5, 5.41) is 0. The van der Waals surface area contributed by atoms with Gasteiger partial charge < -0.3 is 28.7 Å². The van der Waals surface area contributed by atoms with E-state index in [0.29, 0.717) is 45.8 Å². The van der Waals surface area contributed by atoms with Crippen LogP contribution in [0.15, 0.2) is 0 Å². The standard InChI is InChI=1S/C21H42N2O6/c1-21(2,3)9-7-19(24)28-17-15-27-16-18-29-20(25)8-10-23(6)12-14-26-13-11-22(4)5/h7-18H2,1-6H3. The van der Waals surface area contributed by atoms with E-state index in [4.69, 9.17) is 18.9 Å². The van der Waals surface area contributed by atoms with E-state index in [-0.39, 0.29) is 30.6 Å². The molecule has 172 valence electrons. The minimum absolute atomic E-state index is 0.119. The fourth-order valence-electron chi connectivity index (χ4n) is 2.12. The zero-order chi connectivity index (χ0) is 22.1. The van der Waals surface area contributed by atoms with Gasteiger partial charge in [0.25, 0.3) is 0 Å². The zero-order valence-electron chi connectivity index (χ0n) is 19.3. The van der Waals surface area contributed by atoms with E-state index in [2.05, 4.69) is 25.7 Å². The molecule has 0 radical (unpaired) electrons. The predicted molar refractivity (Wildman–Crippen MR) is 113 cm³/mol. The first kappa shape index (κ1) is 27.8. The summed E-state index contributed by atoms with van der Waals surface area (Å²) in [5.41, 5.74) is 0.119. The third kappa shape index (κ3) is 21.3. The maximum absolute atomic E-state index is 11.7. The fraction of sp³-hybridized carbons (Fsp3) is 0.905. The third-order valence-electron chi connectivity index (χ3n) is 4.06. The summed E-state index contributed by atoms with van der Waals surface area (Å²) in [7, 11) is 5.97. The second-order valence-corrected chi connectivity index (χ2v) is 8.58. The van der Waals surface area contributed by atoms with E-state index >= 15 is 0 Å². The summed E-state index contributed by atoms with van der Waals surface area (Å²) < 4.78 is 21.1. The van der Waals surface area contributed by atoms with Crippen molar-refractivity contribution in [3.8, 4) is 0 Å². The van der Waals surface area contributed by atoms with Crippen LogP contribution in [0.1, 0.15) is 40.0 Å². The molecule has 0 bridgehead atoms. The van der Waals surface area contributed by atoms with Crippen LogP contribution in [0.3, 0.4) is 0 Å². The van der Waals surface area contributed by atoms with Gasteiger partial charge in [0.2, 0.25) is 0 Å². The highest BCUT2D eigenvalue weighted by atomic mass is 16.6. The largest absolute Gasteiger partial charge is 0.463 e. The molecule has 0 atom stereocenters. The van der Waals surface area contributed by atoms with Crippen LogP contribution in [-0.4, -0.2) is 102 Å². The number of hydrogen-bond acceptors (Lipinski definition) is 8. The van der Waals surface area contributed by atoms with Crippen molar-refractivity contribution in [1.82, 2.24) is 9.80 Å². The van der Waals surface area contributed by atoms with Gasteiger partial charge in [0.15, 0.2) is 0 Å². The molecule has 8 nitrogen and oxygen atoms in total. The molecule has 29 heavy (non-hydrogen) atoms. The summed E-state index contributed by atoms with van der Waals surface area (Å²) >= 11 is 0. The van der Waals surface area contributed by atoms with E-state index in [0.717, 1.165) is 19.5 Å². The van der Waals surface area contributed by atoms with Crippen molar-refractivity contribution >= 4 is 11.9 Å². The van der Waals surface area contributed by atoms with Crippen LogP contribution in [0.5, 0.6) is 0 Å². The van der Waals surface area contributed by atoms with Gasteiger partial charge in [-0.2, -0.15) is 0 Å². The highest BCUT2D eigenvalue weighted by Crippen LogP contribution is 2.20. The number of carbonyl (C=O) groups is 2. The molecule has 0 aromatic rings. The minimum atomic E-state index is -0.248. The highest BCUT2D eigenvalue weighted by Gasteiger charge is 2.13. The van der Waals surface area contributed by atoms with Crippen LogP contribution in [0.2, 0.25) is 0 Å².